The quantitative estimate of drug-likeness (QED) is 0.719. The van der Waals surface area contributed by atoms with Crippen LogP contribution in [0.4, 0.5) is 0 Å². The summed E-state index contributed by atoms with van der Waals surface area (Å²) in [6.45, 7) is 4.38. The molecular formula is C12H13NO. The van der Waals surface area contributed by atoms with Crippen LogP contribution in [0.5, 0.6) is 0 Å². The third-order valence-corrected chi connectivity index (χ3v) is 2.43. The van der Waals surface area contributed by atoms with Crippen molar-refractivity contribution in [3.8, 4) is 0 Å². The fraction of sp³-hybridized carbons (Fsp3) is 0.250. The van der Waals surface area contributed by atoms with Crippen LogP contribution in [0.3, 0.4) is 0 Å². The molecule has 14 heavy (non-hydrogen) atoms. The van der Waals surface area contributed by atoms with Crippen molar-refractivity contribution in [1.82, 2.24) is 5.32 Å². The Morgan fingerprint density at radius 1 is 1.43 bits per heavy atom. The molecule has 0 aliphatic heterocycles. The minimum Gasteiger partial charge on any atom is -0.351 e. The van der Waals surface area contributed by atoms with Crippen LogP contribution in [0.1, 0.15) is 12.0 Å². The fourth-order valence-corrected chi connectivity index (χ4v) is 1.39. The summed E-state index contributed by atoms with van der Waals surface area (Å²) in [5.41, 5.74) is 2.18. The van der Waals surface area contributed by atoms with Crippen molar-refractivity contribution in [2.45, 2.75) is 13.0 Å². The maximum Gasteiger partial charge on any atom is 0.227 e. The predicted octanol–water partition coefficient (Wildman–Crippen LogP) is 1.88. The van der Waals surface area contributed by atoms with Crippen LogP contribution < -0.4 is 5.32 Å². The van der Waals surface area contributed by atoms with Gasteiger partial charge in [-0.1, -0.05) is 42.5 Å². The standard InChI is InChI=1S/C12H13NO/c1-9-7-11(9)12(14)13-8-10-5-3-2-4-6-10/h2-6,11H,1,7-8H2,(H,13,14). The normalized spacial score (nSPS) is 19.1. The molecule has 72 valence electrons. The van der Waals surface area contributed by atoms with Crippen molar-refractivity contribution in [1.29, 1.82) is 0 Å². The van der Waals surface area contributed by atoms with E-state index >= 15 is 0 Å². The van der Waals surface area contributed by atoms with Gasteiger partial charge in [0, 0.05) is 6.54 Å². The Bertz CT molecular complexity index is 356. The number of nitrogens with one attached hydrogen (secondary N) is 1. The summed E-state index contributed by atoms with van der Waals surface area (Å²) >= 11 is 0. The van der Waals surface area contributed by atoms with Gasteiger partial charge in [0.25, 0.3) is 0 Å². The van der Waals surface area contributed by atoms with E-state index in [1.165, 1.54) is 0 Å². The largest absolute Gasteiger partial charge is 0.351 e. The van der Waals surface area contributed by atoms with Crippen LogP contribution >= 0.6 is 0 Å². The Morgan fingerprint density at radius 3 is 2.64 bits per heavy atom. The van der Waals surface area contributed by atoms with Gasteiger partial charge in [0.05, 0.1) is 5.92 Å². The lowest BCUT2D eigenvalue weighted by atomic mass is 10.2. The summed E-state index contributed by atoms with van der Waals surface area (Å²) < 4.78 is 0. The molecule has 0 aromatic heterocycles. The van der Waals surface area contributed by atoms with E-state index in [9.17, 15) is 4.79 Å². The summed E-state index contributed by atoms with van der Waals surface area (Å²) in [6.07, 6.45) is 0.862. The van der Waals surface area contributed by atoms with Gasteiger partial charge in [-0.2, -0.15) is 0 Å². The van der Waals surface area contributed by atoms with E-state index in [1.807, 2.05) is 30.3 Å². The van der Waals surface area contributed by atoms with Gasteiger partial charge in [-0.3, -0.25) is 4.79 Å². The van der Waals surface area contributed by atoms with E-state index in [0.717, 1.165) is 17.6 Å². The van der Waals surface area contributed by atoms with Gasteiger partial charge >= 0.3 is 0 Å². The molecule has 0 bridgehead atoms. The van der Waals surface area contributed by atoms with E-state index in [2.05, 4.69) is 11.9 Å². The first-order valence-corrected chi connectivity index (χ1v) is 4.76. The van der Waals surface area contributed by atoms with Crippen molar-refractivity contribution in [3.63, 3.8) is 0 Å². The van der Waals surface area contributed by atoms with Crippen molar-refractivity contribution in [2.24, 2.45) is 5.92 Å². The molecule has 0 saturated heterocycles. The number of carbonyl (C=O) groups excluding carboxylic acids is 1. The first kappa shape index (κ1) is 9.00. The lowest BCUT2D eigenvalue weighted by molar-refractivity contribution is -0.122. The molecular weight excluding hydrogens is 174 g/mol. The zero-order valence-corrected chi connectivity index (χ0v) is 7.99. The second-order valence-electron chi connectivity index (χ2n) is 3.62. The molecule has 1 unspecified atom stereocenters. The molecule has 1 aliphatic rings. The Hall–Kier alpha value is -1.57. The third-order valence-electron chi connectivity index (χ3n) is 2.43. The SMILES string of the molecule is C=C1CC1C(=O)NCc1ccccc1. The lowest BCUT2D eigenvalue weighted by Crippen LogP contribution is -2.24. The first-order chi connectivity index (χ1) is 6.77. The van der Waals surface area contributed by atoms with Gasteiger partial charge in [0.1, 0.15) is 0 Å². The van der Waals surface area contributed by atoms with Crippen LogP contribution in [-0.2, 0) is 11.3 Å². The average Bonchev–Trinajstić information content (AvgIpc) is 2.94. The molecule has 2 rings (SSSR count). The molecule has 0 spiro atoms. The van der Waals surface area contributed by atoms with Crippen LogP contribution in [0.15, 0.2) is 42.5 Å². The highest BCUT2D eigenvalue weighted by molar-refractivity contribution is 5.85. The monoisotopic (exact) mass is 187 g/mol. The maximum atomic E-state index is 11.4. The molecule has 1 amide bonds. The molecule has 2 heteroatoms. The molecule has 1 N–H and O–H groups in total. The van der Waals surface area contributed by atoms with Crippen LogP contribution in [-0.4, -0.2) is 5.91 Å². The molecule has 2 nitrogen and oxygen atoms in total. The zero-order valence-electron chi connectivity index (χ0n) is 7.99. The third kappa shape index (κ3) is 2.02. The minimum absolute atomic E-state index is 0.0821. The highest BCUT2D eigenvalue weighted by Crippen LogP contribution is 2.35. The van der Waals surface area contributed by atoms with E-state index in [1.54, 1.807) is 0 Å². The predicted molar refractivity (Wildman–Crippen MR) is 55.5 cm³/mol. The van der Waals surface area contributed by atoms with Gasteiger partial charge in [0.15, 0.2) is 0 Å². The van der Waals surface area contributed by atoms with Gasteiger partial charge < -0.3 is 5.32 Å². The second kappa shape index (κ2) is 3.66. The molecule has 1 aromatic carbocycles. The molecule has 1 aromatic rings. The number of hydrogen-bond acceptors (Lipinski definition) is 1. The van der Waals surface area contributed by atoms with Crippen molar-refractivity contribution >= 4 is 5.91 Å². The molecule has 0 radical (unpaired) electrons. The Kier molecular flexibility index (Phi) is 2.35. The summed E-state index contributed by atoms with van der Waals surface area (Å²) in [5, 5.41) is 2.89. The van der Waals surface area contributed by atoms with Gasteiger partial charge in [-0.05, 0) is 12.0 Å². The van der Waals surface area contributed by atoms with Gasteiger partial charge in [-0.15, -0.1) is 0 Å². The second-order valence-corrected chi connectivity index (χ2v) is 3.62. The van der Waals surface area contributed by atoms with Crippen LogP contribution in [0.2, 0.25) is 0 Å². The topological polar surface area (TPSA) is 29.1 Å². The Balaban J connectivity index is 1.83. The smallest absolute Gasteiger partial charge is 0.227 e. The van der Waals surface area contributed by atoms with E-state index in [-0.39, 0.29) is 11.8 Å². The molecule has 0 heterocycles. The molecule has 1 atom stereocenters. The van der Waals surface area contributed by atoms with E-state index in [4.69, 9.17) is 0 Å². The number of amides is 1. The minimum atomic E-state index is 0.0821. The Labute approximate surface area is 83.6 Å². The zero-order chi connectivity index (χ0) is 9.97. The maximum absolute atomic E-state index is 11.4. The summed E-state index contributed by atoms with van der Waals surface area (Å²) in [5.74, 6) is 0.192. The number of hydrogen-bond donors (Lipinski definition) is 1. The lowest BCUT2D eigenvalue weighted by Gasteiger charge is -2.03. The number of carbonyl (C=O) groups is 1. The summed E-state index contributed by atoms with van der Waals surface area (Å²) in [4.78, 5) is 11.4. The summed E-state index contributed by atoms with van der Waals surface area (Å²) in [7, 11) is 0. The Morgan fingerprint density at radius 2 is 2.07 bits per heavy atom. The molecule has 1 fully saturated rings. The summed E-state index contributed by atoms with van der Waals surface area (Å²) in [6, 6.07) is 9.91. The van der Waals surface area contributed by atoms with E-state index in [0.29, 0.717) is 6.54 Å². The van der Waals surface area contributed by atoms with Crippen molar-refractivity contribution < 1.29 is 4.79 Å². The first-order valence-electron chi connectivity index (χ1n) is 4.76. The van der Waals surface area contributed by atoms with Crippen LogP contribution in [0.25, 0.3) is 0 Å². The highest BCUT2D eigenvalue weighted by Gasteiger charge is 2.34. The number of rotatable bonds is 3. The van der Waals surface area contributed by atoms with Crippen LogP contribution in [0, 0.1) is 5.92 Å². The average molecular weight is 187 g/mol. The van der Waals surface area contributed by atoms with Crippen molar-refractivity contribution in [3.05, 3.63) is 48.0 Å². The van der Waals surface area contributed by atoms with Gasteiger partial charge in [0.2, 0.25) is 5.91 Å². The van der Waals surface area contributed by atoms with Crippen molar-refractivity contribution in [2.75, 3.05) is 0 Å². The fourth-order valence-electron chi connectivity index (χ4n) is 1.39. The van der Waals surface area contributed by atoms with Gasteiger partial charge in [-0.25, -0.2) is 0 Å². The number of benzene rings is 1. The molecule has 1 aliphatic carbocycles. The molecule has 1 saturated carbocycles. The highest BCUT2D eigenvalue weighted by atomic mass is 16.2. The van der Waals surface area contributed by atoms with E-state index < -0.39 is 0 Å².